The van der Waals surface area contributed by atoms with Crippen LogP contribution in [0.15, 0.2) is 77.7 Å². The molecule has 3 aromatic rings. The summed E-state index contributed by atoms with van der Waals surface area (Å²) in [6.07, 6.45) is 0. The molecule has 2 amide bonds. The third-order valence-electron chi connectivity index (χ3n) is 5.57. The van der Waals surface area contributed by atoms with E-state index in [9.17, 15) is 18.0 Å². The van der Waals surface area contributed by atoms with Crippen LogP contribution in [0, 0.1) is 17.2 Å². The molecule has 0 saturated heterocycles. The molecule has 39 heavy (non-hydrogen) atoms. The Balaban J connectivity index is 1.78. The van der Waals surface area contributed by atoms with E-state index in [1.165, 1.54) is 4.90 Å². The molecule has 0 fully saturated rings. The number of hydrogen-bond donors (Lipinski definition) is 2. The second-order valence-corrected chi connectivity index (χ2v) is 12.4. The van der Waals surface area contributed by atoms with Crippen LogP contribution in [0.4, 0.5) is 5.69 Å². The molecule has 3 aromatic carbocycles. The molecule has 0 heterocycles. The molecule has 0 unspecified atom stereocenters. The fourth-order valence-electron chi connectivity index (χ4n) is 4.08. The predicted molar refractivity (Wildman–Crippen MR) is 152 cm³/mol. The van der Waals surface area contributed by atoms with E-state index < -0.39 is 27.4 Å². The van der Waals surface area contributed by atoms with Crippen LogP contribution in [0.25, 0.3) is 11.1 Å². The van der Waals surface area contributed by atoms with Crippen LogP contribution in [0.1, 0.15) is 45.7 Å². The predicted octanol–water partition coefficient (Wildman–Crippen LogP) is 4.93. The van der Waals surface area contributed by atoms with Crippen LogP contribution in [0.3, 0.4) is 0 Å². The van der Waals surface area contributed by atoms with Crippen molar-refractivity contribution in [2.45, 2.75) is 51.6 Å². The van der Waals surface area contributed by atoms with E-state index in [-0.39, 0.29) is 17.4 Å². The molecule has 0 aliphatic rings. The number of hydrogen-bond acceptors (Lipinski definition) is 5. The van der Waals surface area contributed by atoms with E-state index >= 15 is 0 Å². The van der Waals surface area contributed by atoms with Crippen LogP contribution in [-0.4, -0.2) is 37.2 Å². The molecular weight excluding hydrogens is 512 g/mol. The number of amides is 2. The summed E-state index contributed by atoms with van der Waals surface area (Å²) in [6, 6.07) is 22.4. The van der Waals surface area contributed by atoms with Gasteiger partial charge in [0.25, 0.3) is 0 Å². The number of rotatable bonds is 8. The van der Waals surface area contributed by atoms with Gasteiger partial charge in [0.15, 0.2) is 0 Å². The lowest BCUT2D eigenvalue weighted by Gasteiger charge is -2.24. The Kier molecular flexibility index (Phi) is 9.28. The minimum absolute atomic E-state index is 0.129. The first-order chi connectivity index (χ1) is 18.3. The lowest BCUT2D eigenvalue weighted by atomic mass is 10.1. The molecule has 0 bridgehead atoms. The van der Waals surface area contributed by atoms with E-state index in [0.29, 0.717) is 28.9 Å². The maximum atomic E-state index is 13.1. The summed E-state index contributed by atoms with van der Waals surface area (Å²) in [6.45, 7) is 9.81. The van der Waals surface area contributed by atoms with Gasteiger partial charge in [-0.15, -0.1) is 0 Å². The molecule has 2 N–H and O–H groups in total. The van der Waals surface area contributed by atoms with Gasteiger partial charge in [0.2, 0.25) is 10.0 Å². The second kappa shape index (κ2) is 12.2. The lowest BCUT2D eigenvalue weighted by Crippen LogP contribution is -2.41. The highest BCUT2D eigenvalue weighted by Gasteiger charge is 2.25. The fraction of sp³-hybridized carbons (Fsp3) is 0.300. The summed E-state index contributed by atoms with van der Waals surface area (Å²) in [5, 5.41) is 11.8. The van der Waals surface area contributed by atoms with Crippen molar-refractivity contribution >= 4 is 27.5 Å². The highest BCUT2D eigenvalue weighted by atomic mass is 32.2. The first-order valence-corrected chi connectivity index (χ1v) is 14.1. The van der Waals surface area contributed by atoms with Crippen molar-refractivity contribution in [1.29, 1.82) is 5.26 Å². The summed E-state index contributed by atoms with van der Waals surface area (Å²) in [7, 11) is -3.77. The lowest BCUT2D eigenvalue weighted by molar-refractivity contribution is -0.143. The molecule has 0 aliphatic heterocycles. The van der Waals surface area contributed by atoms with Gasteiger partial charge < -0.3 is 10.2 Å². The molecule has 0 aromatic heterocycles. The highest BCUT2D eigenvalue weighted by Crippen LogP contribution is 2.29. The standard InChI is InChI=1S/C30H34N4O4S/c1-21(2)19-34(20-23-10-8-9-22(17-23)18-31)29(36)28(35)32-25-15-13-24(14-16-25)26-11-6-7-12-27(26)39(37,38)33-30(3,4)5/h6-17,21,33H,19-20H2,1-5H3,(H,32,35). The third-order valence-corrected chi connectivity index (χ3v) is 7.38. The van der Waals surface area contributed by atoms with E-state index in [1.807, 2.05) is 19.9 Å². The Hall–Kier alpha value is -4.00. The van der Waals surface area contributed by atoms with Crippen molar-refractivity contribution in [2.75, 3.05) is 11.9 Å². The molecule has 0 aliphatic carbocycles. The Morgan fingerprint density at radius 1 is 0.974 bits per heavy atom. The van der Waals surface area contributed by atoms with Gasteiger partial charge in [0.05, 0.1) is 16.5 Å². The minimum Gasteiger partial charge on any atom is -0.330 e. The van der Waals surface area contributed by atoms with Gasteiger partial charge in [-0.3, -0.25) is 9.59 Å². The Labute approximate surface area is 230 Å². The molecule has 0 saturated carbocycles. The van der Waals surface area contributed by atoms with Crippen LogP contribution in [0.5, 0.6) is 0 Å². The van der Waals surface area contributed by atoms with Crippen molar-refractivity contribution in [1.82, 2.24) is 9.62 Å². The average molecular weight is 547 g/mol. The van der Waals surface area contributed by atoms with Gasteiger partial charge in [0, 0.05) is 29.9 Å². The fourth-order valence-corrected chi connectivity index (χ4v) is 5.73. The summed E-state index contributed by atoms with van der Waals surface area (Å²) >= 11 is 0. The van der Waals surface area contributed by atoms with Crippen molar-refractivity contribution in [3.63, 3.8) is 0 Å². The maximum absolute atomic E-state index is 13.1. The van der Waals surface area contributed by atoms with Gasteiger partial charge in [-0.2, -0.15) is 5.26 Å². The topological polar surface area (TPSA) is 119 Å². The number of nitrogens with zero attached hydrogens (tertiary/aromatic N) is 2. The Morgan fingerprint density at radius 3 is 2.26 bits per heavy atom. The largest absolute Gasteiger partial charge is 0.330 e. The quantitative estimate of drug-likeness (QED) is 0.389. The first kappa shape index (κ1) is 29.6. The van der Waals surface area contributed by atoms with Crippen molar-refractivity contribution in [3.05, 3.63) is 83.9 Å². The highest BCUT2D eigenvalue weighted by molar-refractivity contribution is 7.89. The molecule has 0 spiro atoms. The molecule has 0 radical (unpaired) electrons. The van der Waals surface area contributed by atoms with E-state index in [4.69, 9.17) is 5.26 Å². The van der Waals surface area contributed by atoms with Gasteiger partial charge >= 0.3 is 11.8 Å². The molecule has 8 nitrogen and oxygen atoms in total. The SMILES string of the molecule is CC(C)CN(Cc1cccc(C#N)c1)C(=O)C(=O)Nc1ccc(-c2ccccc2S(=O)(=O)NC(C)(C)C)cc1. The van der Waals surface area contributed by atoms with Gasteiger partial charge in [-0.1, -0.05) is 56.3 Å². The summed E-state index contributed by atoms with van der Waals surface area (Å²) in [5.41, 5.74) is 2.17. The van der Waals surface area contributed by atoms with Crippen LogP contribution < -0.4 is 10.0 Å². The number of anilines is 1. The van der Waals surface area contributed by atoms with Crippen LogP contribution in [-0.2, 0) is 26.2 Å². The molecule has 3 rings (SSSR count). The van der Waals surface area contributed by atoms with Gasteiger partial charge in [-0.05, 0) is 68.1 Å². The van der Waals surface area contributed by atoms with Crippen molar-refractivity contribution in [2.24, 2.45) is 5.92 Å². The van der Waals surface area contributed by atoms with E-state index in [0.717, 1.165) is 5.56 Å². The molecule has 9 heteroatoms. The number of carbonyl (C=O) groups is 2. The zero-order valence-corrected chi connectivity index (χ0v) is 23.7. The Bertz CT molecular complexity index is 1480. The zero-order valence-electron chi connectivity index (χ0n) is 22.9. The number of carbonyl (C=O) groups excluding carboxylic acids is 2. The average Bonchev–Trinajstić information content (AvgIpc) is 2.87. The second-order valence-electron chi connectivity index (χ2n) is 10.8. The maximum Gasteiger partial charge on any atom is 0.313 e. The molecule has 0 atom stereocenters. The summed E-state index contributed by atoms with van der Waals surface area (Å²) in [4.78, 5) is 27.6. The van der Waals surface area contributed by atoms with E-state index in [1.54, 1.807) is 87.5 Å². The zero-order chi connectivity index (χ0) is 28.8. The van der Waals surface area contributed by atoms with Gasteiger partial charge in [0.1, 0.15) is 0 Å². The third kappa shape index (κ3) is 8.24. The number of sulfonamides is 1. The van der Waals surface area contributed by atoms with Gasteiger partial charge in [-0.25, -0.2) is 13.1 Å². The Morgan fingerprint density at radius 2 is 1.64 bits per heavy atom. The molecular formula is C30H34N4O4S. The number of nitriles is 1. The monoisotopic (exact) mass is 546 g/mol. The summed E-state index contributed by atoms with van der Waals surface area (Å²) in [5.74, 6) is -1.33. The van der Waals surface area contributed by atoms with E-state index in [2.05, 4.69) is 16.1 Å². The minimum atomic E-state index is -3.77. The molecule has 204 valence electrons. The normalized spacial score (nSPS) is 11.6. The number of nitrogens with one attached hydrogen (secondary N) is 2. The first-order valence-electron chi connectivity index (χ1n) is 12.6. The number of benzene rings is 3. The smallest absolute Gasteiger partial charge is 0.313 e. The van der Waals surface area contributed by atoms with Crippen molar-refractivity contribution in [3.8, 4) is 17.2 Å². The summed E-state index contributed by atoms with van der Waals surface area (Å²) < 4.78 is 28.7. The van der Waals surface area contributed by atoms with Crippen LogP contribution >= 0.6 is 0 Å². The van der Waals surface area contributed by atoms with Crippen LogP contribution in [0.2, 0.25) is 0 Å². The van der Waals surface area contributed by atoms with Crippen molar-refractivity contribution < 1.29 is 18.0 Å².